The van der Waals surface area contributed by atoms with Gasteiger partial charge in [-0.25, -0.2) is 18.1 Å². The number of sulfonamides is 1. The van der Waals surface area contributed by atoms with Gasteiger partial charge in [0, 0.05) is 22.9 Å². The van der Waals surface area contributed by atoms with E-state index in [-0.39, 0.29) is 18.0 Å². The Labute approximate surface area is 126 Å². The SMILES string of the molecule is Cc1cc(CN)cc(S(=O)(=O)NCc2cnc[nH]2)c1Br. The maximum absolute atomic E-state index is 12.4. The van der Waals surface area contributed by atoms with E-state index in [1.165, 1.54) is 6.33 Å². The number of imidazole rings is 1. The highest BCUT2D eigenvalue weighted by molar-refractivity contribution is 9.10. The zero-order chi connectivity index (χ0) is 14.8. The van der Waals surface area contributed by atoms with Crippen molar-refractivity contribution >= 4 is 26.0 Å². The minimum Gasteiger partial charge on any atom is -0.347 e. The number of hydrogen-bond acceptors (Lipinski definition) is 4. The minimum atomic E-state index is -3.62. The second kappa shape index (κ2) is 6.04. The second-order valence-electron chi connectivity index (χ2n) is 4.33. The van der Waals surface area contributed by atoms with E-state index in [4.69, 9.17) is 5.73 Å². The van der Waals surface area contributed by atoms with Crippen molar-refractivity contribution in [3.05, 3.63) is 46.0 Å². The van der Waals surface area contributed by atoms with Crippen LogP contribution in [0.4, 0.5) is 0 Å². The van der Waals surface area contributed by atoms with Gasteiger partial charge in [-0.05, 0) is 40.0 Å². The van der Waals surface area contributed by atoms with Gasteiger partial charge in [-0.2, -0.15) is 0 Å². The average Bonchev–Trinajstić information content (AvgIpc) is 2.92. The summed E-state index contributed by atoms with van der Waals surface area (Å²) < 4.78 is 27.8. The first-order chi connectivity index (χ1) is 9.44. The molecule has 0 fully saturated rings. The lowest BCUT2D eigenvalue weighted by atomic mass is 10.1. The molecule has 1 aromatic heterocycles. The van der Waals surface area contributed by atoms with E-state index >= 15 is 0 Å². The fourth-order valence-electron chi connectivity index (χ4n) is 1.75. The number of halogens is 1. The number of nitrogens with two attached hydrogens (primary N) is 1. The Kier molecular flexibility index (Phi) is 4.59. The molecule has 0 aliphatic rings. The van der Waals surface area contributed by atoms with Gasteiger partial charge in [-0.15, -0.1) is 0 Å². The lowest BCUT2D eigenvalue weighted by molar-refractivity contribution is 0.580. The molecular formula is C12H15BrN4O2S. The molecule has 0 unspecified atom stereocenters. The van der Waals surface area contributed by atoms with Crippen LogP contribution >= 0.6 is 15.9 Å². The van der Waals surface area contributed by atoms with E-state index in [1.54, 1.807) is 12.3 Å². The molecule has 1 aromatic carbocycles. The Balaban J connectivity index is 2.31. The molecule has 108 valence electrons. The van der Waals surface area contributed by atoms with Crippen LogP contribution in [-0.4, -0.2) is 18.4 Å². The fourth-order valence-corrected chi connectivity index (χ4v) is 3.83. The van der Waals surface area contributed by atoms with Crippen LogP contribution in [0.1, 0.15) is 16.8 Å². The number of aryl methyl sites for hydroxylation is 1. The highest BCUT2D eigenvalue weighted by Crippen LogP contribution is 2.27. The largest absolute Gasteiger partial charge is 0.347 e. The minimum absolute atomic E-state index is 0.153. The summed E-state index contributed by atoms with van der Waals surface area (Å²) in [6.45, 7) is 2.27. The van der Waals surface area contributed by atoms with Gasteiger partial charge in [0.15, 0.2) is 0 Å². The molecule has 2 rings (SSSR count). The number of nitrogens with zero attached hydrogens (tertiary/aromatic N) is 1. The first-order valence-corrected chi connectivity index (χ1v) is 8.17. The summed E-state index contributed by atoms with van der Waals surface area (Å²) in [4.78, 5) is 6.87. The first-order valence-electron chi connectivity index (χ1n) is 5.90. The van der Waals surface area contributed by atoms with E-state index in [0.717, 1.165) is 11.1 Å². The van der Waals surface area contributed by atoms with Gasteiger partial charge in [-0.1, -0.05) is 6.07 Å². The third kappa shape index (κ3) is 3.26. The van der Waals surface area contributed by atoms with Crippen LogP contribution in [0, 0.1) is 6.92 Å². The zero-order valence-electron chi connectivity index (χ0n) is 10.9. The summed E-state index contributed by atoms with van der Waals surface area (Å²) >= 11 is 3.32. The summed E-state index contributed by atoms with van der Waals surface area (Å²) in [5.74, 6) is 0. The molecule has 0 aliphatic carbocycles. The van der Waals surface area contributed by atoms with Crippen molar-refractivity contribution in [1.82, 2.24) is 14.7 Å². The lowest BCUT2D eigenvalue weighted by Gasteiger charge is -2.11. The van der Waals surface area contributed by atoms with Crippen LogP contribution in [0.3, 0.4) is 0 Å². The normalized spacial score (nSPS) is 11.8. The first kappa shape index (κ1) is 15.2. The molecule has 6 nitrogen and oxygen atoms in total. The van der Waals surface area contributed by atoms with Crippen molar-refractivity contribution in [2.24, 2.45) is 5.73 Å². The summed E-state index contributed by atoms with van der Waals surface area (Å²) in [6.07, 6.45) is 3.07. The summed E-state index contributed by atoms with van der Waals surface area (Å²) in [7, 11) is -3.62. The predicted molar refractivity (Wildman–Crippen MR) is 79.4 cm³/mol. The maximum Gasteiger partial charge on any atom is 0.242 e. The number of benzene rings is 1. The Hall–Kier alpha value is -1.22. The topological polar surface area (TPSA) is 101 Å². The highest BCUT2D eigenvalue weighted by atomic mass is 79.9. The molecular weight excluding hydrogens is 344 g/mol. The molecule has 2 aromatic rings. The molecule has 0 amide bonds. The summed E-state index contributed by atoms with van der Waals surface area (Å²) in [6, 6.07) is 3.43. The van der Waals surface area contributed by atoms with Gasteiger partial charge < -0.3 is 10.7 Å². The molecule has 0 atom stereocenters. The van der Waals surface area contributed by atoms with Crippen LogP contribution < -0.4 is 10.5 Å². The molecule has 0 bridgehead atoms. The van der Waals surface area contributed by atoms with Crippen molar-refractivity contribution in [2.75, 3.05) is 0 Å². The number of nitrogens with one attached hydrogen (secondary N) is 2. The second-order valence-corrected chi connectivity index (χ2v) is 6.86. The van der Waals surface area contributed by atoms with Crippen molar-refractivity contribution in [3.63, 3.8) is 0 Å². The molecule has 8 heteroatoms. The molecule has 20 heavy (non-hydrogen) atoms. The Morgan fingerprint density at radius 1 is 1.45 bits per heavy atom. The van der Waals surface area contributed by atoms with Crippen LogP contribution in [0.25, 0.3) is 0 Å². The zero-order valence-corrected chi connectivity index (χ0v) is 13.3. The van der Waals surface area contributed by atoms with Gasteiger partial charge in [0.25, 0.3) is 0 Å². The van der Waals surface area contributed by atoms with Crippen molar-refractivity contribution in [2.45, 2.75) is 24.9 Å². The molecule has 0 aliphatic heterocycles. The number of aromatic amines is 1. The predicted octanol–water partition coefficient (Wildman–Crippen LogP) is 1.42. The monoisotopic (exact) mass is 358 g/mol. The number of aromatic nitrogens is 2. The van der Waals surface area contributed by atoms with Crippen LogP contribution in [-0.2, 0) is 23.1 Å². The van der Waals surface area contributed by atoms with Gasteiger partial charge in [0.1, 0.15) is 0 Å². The third-order valence-electron chi connectivity index (χ3n) is 2.81. The van der Waals surface area contributed by atoms with E-state index in [0.29, 0.717) is 10.2 Å². The number of rotatable bonds is 5. The van der Waals surface area contributed by atoms with Crippen molar-refractivity contribution in [3.8, 4) is 0 Å². The van der Waals surface area contributed by atoms with Gasteiger partial charge in [0.2, 0.25) is 10.0 Å². The Bertz CT molecular complexity index is 698. The molecule has 0 saturated heterocycles. The molecule has 0 saturated carbocycles. The van der Waals surface area contributed by atoms with Crippen LogP contribution in [0.5, 0.6) is 0 Å². The van der Waals surface area contributed by atoms with Gasteiger partial charge >= 0.3 is 0 Å². The highest BCUT2D eigenvalue weighted by Gasteiger charge is 2.19. The summed E-state index contributed by atoms with van der Waals surface area (Å²) in [5.41, 5.74) is 7.88. The average molecular weight is 359 g/mol. The number of hydrogen-bond donors (Lipinski definition) is 3. The molecule has 4 N–H and O–H groups in total. The van der Waals surface area contributed by atoms with Gasteiger partial charge in [-0.3, -0.25) is 0 Å². The van der Waals surface area contributed by atoms with E-state index in [9.17, 15) is 8.42 Å². The number of H-pyrrole nitrogens is 1. The fraction of sp³-hybridized carbons (Fsp3) is 0.250. The maximum atomic E-state index is 12.4. The smallest absolute Gasteiger partial charge is 0.242 e. The standard InChI is InChI=1S/C12H15BrN4O2S/c1-8-2-9(4-14)3-11(12(8)13)20(18,19)17-6-10-5-15-7-16-10/h2-3,5,7,17H,4,6,14H2,1H3,(H,15,16). The Morgan fingerprint density at radius 3 is 2.80 bits per heavy atom. The van der Waals surface area contributed by atoms with Crippen LogP contribution in [0.15, 0.2) is 34.0 Å². The van der Waals surface area contributed by atoms with E-state index < -0.39 is 10.0 Å². The van der Waals surface area contributed by atoms with Crippen LogP contribution in [0.2, 0.25) is 0 Å². The molecule has 0 spiro atoms. The molecule has 1 heterocycles. The summed E-state index contributed by atoms with van der Waals surface area (Å²) in [5, 5.41) is 0. The van der Waals surface area contributed by atoms with E-state index in [1.807, 2.05) is 13.0 Å². The van der Waals surface area contributed by atoms with Crippen molar-refractivity contribution in [1.29, 1.82) is 0 Å². The van der Waals surface area contributed by atoms with Gasteiger partial charge in [0.05, 0.1) is 17.8 Å². The third-order valence-corrected chi connectivity index (χ3v) is 5.55. The van der Waals surface area contributed by atoms with Crippen molar-refractivity contribution < 1.29 is 8.42 Å². The quantitative estimate of drug-likeness (QED) is 0.752. The molecule has 0 radical (unpaired) electrons. The Morgan fingerprint density at radius 2 is 2.20 bits per heavy atom. The lowest BCUT2D eigenvalue weighted by Crippen LogP contribution is -2.24. The van der Waals surface area contributed by atoms with E-state index in [2.05, 4.69) is 30.6 Å².